The average molecular weight is 547 g/mol. The van der Waals surface area contributed by atoms with Crippen LogP contribution in [0.4, 0.5) is 5.82 Å². The summed E-state index contributed by atoms with van der Waals surface area (Å²) in [5.74, 6) is -1.23. The minimum absolute atomic E-state index is 0.0410. The molecule has 0 aliphatic carbocycles. The summed E-state index contributed by atoms with van der Waals surface area (Å²) in [6.45, 7) is 2.40. The second-order valence-electron chi connectivity index (χ2n) is 8.39. The maximum absolute atomic E-state index is 13.6. The molecule has 1 aromatic heterocycles. The molecule has 36 heavy (non-hydrogen) atoms. The third-order valence-corrected chi connectivity index (χ3v) is 7.32. The quantitative estimate of drug-likeness (QED) is 0.255. The van der Waals surface area contributed by atoms with Gasteiger partial charge in [0.15, 0.2) is 6.23 Å². The number of nitrogens with two attached hydrogens (primary N) is 1. The Bertz CT molecular complexity index is 1180. The highest BCUT2D eigenvalue weighted by molar-refractivity contribution is 7.52. The molecule has 1 unspecified atom stereocenters. The first-order chi connectivity index (χ1) is 16.9. The van der Waals surface area contributed by atoms with Crippen molar-refractivity contribution in [2.45, 2.75) is 56.8 Å². The van der Waals surface area contributed by atoms with Crippen molar-refractivity contribution in [3.8, 4) is 5.75 Å². The molecule has 0 spiro atoms. The van der Waals surface area contributed by atoms with E-state index in [9.17, 15) is 29.5 Å². The van der Waals surface area contributed by atoms with Crippen molar-refractivity contribution >= 4 is 31.1 Å². The summed E-state index contributed by atoms with van der Waals surface area (Å²) in [6.07, 6.45) is -2.42. The lowest BCUT2D eigenvalue weighted by Gasteiger charge is -2.27. The Morgan fingerprint density at radius 2 is 2.06 bits per heavy atom. The molecule has 0 bridgehead atoms. The summed E-state index contributed by atoms with van der Waals surface area (Å²) >= 11 is 5.87. The zero-order valence-electron chi connectivity index (χ0n) is 19.5. The number of aromatic nitrogens is 2. The van der Waals surface area contributed by atoms with E-state index in [1.54, 1.807) is 6.92 Å². The number of carboxylic acid groups (broad SMARTS) is 1. The van der Waals surface area contributed by atoms with Crippen molar-refractivity contribution in [1.82, 2.24) is 14.6 Å². The van der Waals surface area contributed by atoms with Gasteiger partial charge in [0.1, 0.15) is 35.4 Å². The highest BCUT2D eigenvalue weighted by Gasteiger charge is 2.54. The zero-order chi connectivity index (χ0) is 26.7. The number of ether oxygens (including phenoxy) is 1. The molecule has 0 amide bonds. The number of benzene rings is 1. The van der Waals surface area contributed by atoms with Crippen LogP contribution < -0.4 is 21.0 Å². The van der Waals surface area contributed by atoms with Crippen molar-refractivity contribution in [3.05, 3.63) is 52.0 Å². The van der Waals surface area contributed by atoms with Gasteiger partial charge in [-0.05, 0) is 43.7 Å². The Morgan fingerprint density at radius 3 is 2.64 bits per heavy atom. The number of nitrogen functional groups attached to an aromatic ring is 1. The Hall–Kier alpha value is -2.51. The smallest absolute Gasteiger partial charge is 0.459 e. The largest absolute Gasteiger partial charge is 0.480 e. The number of hydrogen-bond acceptors (Lipinski definition) is 10. The van der Waals surface area contributed by atoms with E-state index >= 15 is 0 Å². The average Bonchev–Trinajstić information content (AvgIpc) is 3.02. The Morgan fingerprint density at radius 1 is 1.39 bits per heavy atom. The van der Waals surface area contributed by atoms with Crippen LogP contribution in [-0.2, 0) is 18.6 Å². The molecule has 13 nitrogen and oxygen atoms in total. The molecule has 0 radical (unpaired) electrons. The van der Waals surface area contributed by atoms with Crippen LogP contribution in [-0.4, -0.2) is 61.3 Å². The highest BCUT2D eigenvalue weighted by Crippen LogP contribution is 2.47. The fraction of sp³-hybridized carbons (Fsp3) is 0.476. The molecule has 6 N–H and O–H groups in total. The first-order valence-electron chi connectivity index (χ1n) is 11.0. The third kappa shape index (κ3) is 6.43. The molecule has 1 saturated heterocycles. The minimum Gasteiger partial charge on any atom is -0.480 e. The van der Waals surface area contributed by atoms with E-state index in [0.29, 0.717) is 11.4 Å². The summed E-state index contributed by atoms with van der Waals surface area (Å²) in [5.41, 5.74) is 2.70. The first kappa shape index (κ1) is 28.1. The molecular formula is C21H28ClN4O9P. The topological polar surface area (TPSA) is 195 Å². The molecule has 1 aromatic carbocycles. The van der Waals surface area contributed by atoms with Gasteiger partial charge in [-0.25, -0.2) is 9.36 Å². The van der Waals surface area contributed by atoms with Gasteiger partial charge in [0, 0.05) is 11.2 Å². The number of aliphatic hydroxyl groups excluding tert-OH is 1. The summed E-state index contributed by atoms with van der Waals surface area (Å²) in [4.78, 5) is 27.5. The van der Waals surface area contributed by atoms with E-state index in [2.05, 4.69) is 10.1 Å². The van der Waals surface area contributed by atoms with E-state index in [1.807, 2.05) is 0 Å². The van der Waals surface area contributed by atoms with E-state index in [4.69, 9.17) is 31.1 Å². The predicted octanol–water partition coefficient (Wildman–Crippen LogP) is 1.53. The number of hydrogen-bond donors (Lipinski definition) is 5. The van der Waals surface area contributed by atoms with Crippen LogP contribution in [0.25, 0.3) is 0 Å². The van der Waals surface area contributed by atoms with Crippen LogP contribution in [0.5, 0.6) is 5.75 Å². The number of nitrogens with zero attached hydrogens (tertiary/aromatic N) is 2. The van der Waals surface area contributed by atoms with Crippen LogP contribution in [0.15, 0.2) is 41.3 Å². The Balaban J connectivity index is 1.83. The van der Waals surface area contributed by atoms with E-state index in [1.165, 1.54) is 43.5 Å². The van der Waals surface area contributed by atoms with Gasteiger partial charge in [0.25, 0.3) is 0 Å². The van der Waals surface area contributed by atoms with Crippen LogP contribution >= 0.6 is 19.3 Å². The van der Waals surface area contributed by atoms with Crippen molar-refractivity contribution in [3.63, 3.8) is 0 Å². The highest BCUT2D eigenvalue weighted by atomic mass is 35.5. The van der Waals surface area contributed by atoms with E-state index in [0.717, 1.165) is 4.57 Å². The SMILES string of the molecule is CCC[C@H](NP(=O)(OC[C@H]1O[C@@H](n2ccc(N)nc2=O)[C@](C)(O)[C@@H]1O)Oc1ccc(Cl)cc1)C(=O)O. The van der Waals surface area contributed by atoms with Gasteiger partial charge in [-0.2, -0.15) is 10.1 Å². The maximum Gasteiger partial charge on any atom is 0.459 e. The minimum atomic E-state index is -4.37. The second kappa shape index (κ2) is 11.3. The van der Waals surface area contributed by atoms with E-state index < -0.39 is 56.1 Å². The summed E-state index contributed by atoms with van der Waals surface area (Å²) in [7, 11) is -4.37. The normalized spacial score (nSPS) is 26.3. The Labute approximate surface area is 211 Å². The molecule has 6 atom stereocenters. The number of aliphatic hydroxyl groups is 2. The molecule has 1 aliphatic heterocycles. The summed E-state index contributed by atoms with van der Waals surface area (Å²) in [6, 6.07) is 5.83. The van der Waals surface area contributed by atoms with Crippen LogP contribution in [0.1, 0.15) is 32.9 Å². The molecule has 198 valence electrons. The maximum atomic E-state index is 13.6. The fourth-order valence-electron chi connectivity index (χ4n) is 3.60. The molecule has 2 aromatic rings. The number of anilines is 1. The van der Waals surface area contributed by atoms with Gasteiger partial charge >= 0.3 is 19.4 Å². The van der Waals surface area contributed by atoms with Crippen molar-refractivity contribution in [2.75, 3.05) is 12.3 Å². The Kier molecular flexibility index (Phi) is 8.78. The fourth-order valence-corrected chi connectivity index (χ4v) is 5.27. The molecule has 1 fully saturated rings. The van der Waals surface area contributed by atoms with Crippen LogP contribution in [0.3, 0.4) is 0 Å². The van der Waals surface area contributed by atoms with Gasteiger partial charge < -0.3 is 30.3 Å². The van der Waals surface area contributed by atoms with Gasteiger partial charge in [-0.1, -0.05) is 24.9 Å². The van der Waals surface area contributed by atoms with Crippen molar-refractivity contribution in [2.24, 2.45) is 0 Å². The van der Waals surface area contributed by atoms with Crippen LogP contribution in [0.2, 0.25) is 5.02 Å². The van der Waals surface area contributed by atoms with Crippen LogP contribution in [0, 0.1) is 0 Å². The molecule has 3 rings (SSSR count). The lowest BCUT2D eigenvalue weighted by molar-refractivity contribution is -0.139. The van der Waals surface area contributed by atoms with Gasteiger partial charge in [-0.3, -0.25) is 13.9 Å². The van der Waals surface area contributed by atoms with Gasteiger partial charge in [-0.15, -0.1) is 0 Å². The number of aliphatic carboxylic acids is 1. The number of carboxylic acids is 1. The van der Waals surface area contributed by atoms with Crippen molar-refractivity contribution in [1.29, 1.82) is 0 Å². The lowest BCUT2D eigenvalue weighted by Crippen LogP contribution is -2.46. The lowest BCUT2D eigenvalue weighted by atomic mass is 9.96. The number of rotatable bonds is 11. The molecule has 1 aliphatic rings. The second-order valence-corrected chi connectivity index (χ2v) is 10.5. The van der Waals surface area contributed by atoms with Gasteiger partial charge in [0.2, 0.25) is 0 Å². The zero-order valence-corrected chi connectivity index (χ0v) is 21.1. The monoisotopic (exact) mass is 546 g/mol. The number of halogens is 1. The standard InChI is InChI=1S/C21H28ClN4O9P/c1-3-4-14(18(28)29)25-36(32,35-13-7-5-12(22)6-8-13)33-11-15-17(27)21(2,31)19(34-15)26-10-9-16(23)24-20(26)30/h5-10,14-15,17,19,27,31H,3-4,11H2,1-2H3,(H,25,32)(H,28,29)(H2,23,24,30)/t14-,15+,17+,19+,21+,36?/m0/s1. The summed E-state index contributed by atoms with van der Waals surface area (Å²) < 4.78 is 31.2. The van der Waals surface area contributed by atoms with E-state index in [-0.39, 0.29) is 18.0 Å². The number of nitrogens with one attached hydrogen (secondary N) is 1. The molecular weight excluding hydrogens is 519 g/mol. The molecule has 0 saturated carbocycles. The number of carbonyl (C=O) groups is 1. The molecule has 2 heterocycles. The summed E-state index contributed by atoms with van der Waals surface area (Å²) in [5, 5.41) is 33.9. The van der Waals surface area contributed by atoms with Gasteiger partial charge in [0.05, 0.1) is 6.61 Å². The predicted molar refractivity (Wildman–Crippen MR) is 129 cm³/mol. The van der Waals surface area contributed by atoms with Crippen molar-refractivity contribution < 1.29 is 38.5 Å². The third-order valence-electron chi connectivity index (χ3n) is 5.50. The molecule has 15 heteroatoms. The first-order valence-corrected chi connectivity index (χ1v) is 12.9.